The van der Waals surface area contributed by atoms with E-state index in [9.17, 15) is 0 Å². The Labute approximate surface area is 192 Å². The highest BCUT2D eigenvalue weighted by atomic mass is 16.5. The molecule has 0 unspecified atom stereocenters. The number of aryl methyl sites for hydroxylation is 1. The fourth-order valence-electron chi connectivity index (χ4n) is 4.99. The highest BCUT2D eigenvalue weighted by Crippen LogP contribution is 2.35. The Morgan fingerprint density at radius 2 is 1.84 bits per heavy atom. The molecule has 0 amide bonds. The molecule has 0 aliphatic carbocycles. The topological polar surface area (TPSA) is 47.1 Å². The molecule has 1 aromatic carbocycles. The molecule has 5 heteroatoms. The first-order valence-corrected chi connectivity index (χ1v) is 12.5. The summed E-state index contributed by atoms with van der Waals surface area (Å²) in [5.74, 6) is 1.40. The first-order valence-electron chi connectivity index (χ1n) is 12.5. The van der Waals surface area contributed by atoms with Gasteiger partial charge in [0, 0.05) is 41.4 Å². The molecule has 1 aliphatic rings. The van der Waals surface area contributed by atoms with E-state index >= 15 is 0 Å². The Morgan fingerprint density at radius 1 is 1.09 bits per heavy atom. The summed E-state index contributed by atoms with van der Waals surface area (Å²) in [4.78, 5) is 7.11. The Kier molecular flexibility index (Phi) is 7.67. The van der Waals surface area contributed by atoms with Crippen molar-refractivity contribution < 1.29 is 4.52 Å². The van der Waals surface area contributed by atoms with E-state index in [1.807, 2.05) is 0 Å². The Morgan fingerprint density at radius 3 is 2.62 bits per heavy atom. The Hall–Kier alpha value is -2.56. The number of rotatable bonds is 12. The van der Waals surface area contributed by atoms with Gasteiger partial charge in [-0.3, -0.25) is 0 Å². The Balaban J connectivity index is 1.44. The fraction of sp³-hybridized carbons (Fsp3) is 0.556. The van der Waals surface area contributed by atoms with E-state index in [-0.39, 0.29) is 6.04 Å². The maximum Gasteiger partial charge on any atom is 0.249 e. The number of allylic oxidation sites excluding steroid dienone is 1. The third-order valence-electron chi connectivity index (χ3n) is 6.75. The summed E-state index contributed by atoms with van der Waals surface area (Å²) in [5, 5.41) is 5.57. The molecule has 32 heavy (non-hydrogen) atoms. The summed E-state index contributed by atoms with van der Waals surface area (Å²) in [6.07, 6.45) is 15.1. The fourth-order valence-corrected chi connectivity index (χ4v) is 4.99. The standard InChI is InChI=1S/C27H38N4O/c1-4-5-6-7-8-9-10-13-18-30-20-23(22-15-11-12-16-24(22)30)26-28-27(32-29-26)25-17-14-19-31(25)21(2)3/h11-12,15-16,20,25H,2,4-10,13-14,17-19H2,1,3H3/t25-/m0/s1. The second-order valence-corrected chi connectivity index (χ2v) is 9.27. The average molecular weight is 435 g/mol. The van der Waals surface area contributed by atoms with E-state index in [1.165, 1.54) is 62.3 Å². The molecule has 1 fully saturated rings. The van der Waals surface area contributed by atoms with E-state index in [0.29, 0.717) is 11.7 Å². The lowest BCUT2D eigenvalue weighted by Gasteiger charge is -2.23. The molecule has 3 heterocycles. The van der Waals surface area contributed by atoms with Gasteiger partial charge in [-0.25, -0.2) is 0 Å². The molecule has 0 radical (unpaired) electrons. The van der Waals surface area contributed by atoms with E-state index < -0.39 is 0 Å². The van der Waals surface area contributed by atoms with Gasteiger partial charge in [0.2, 0.25) is 11.7 Å². The number of hydrogen-bond acceptors (Lipinski definition) is 4. The summed E-state index contributed by atoms with van der Waals surface area (Å²) in [7, 11) is 0. The molecule has 172 valence electrons. The van der Waals surface area contributed by atoms with Crippen LogP contribution in [0.3, 0.4) is 0 Å². The minimum atomic E-state index is 0.152. The number of fused-ring (bicyclic) bond motifs is 1. The van der Waals surface area contributed by atoms with Crippen LogP contribution in [0, 0.1) is 0 Å². The highest BCUT2D eigenvalue weighted by Gasteiger charge is 2.30. The van der Waals surface area contributed by atoms with E-state index in [0.717, 1.165) is 37.2 Å². The molecular weight excluding hydrogens is 396 g/mol. The lowest BCUT2D eigenvalue weighted by Crippen LogP contribution is -2.20. The molecule has 4 rings (SSSR count). The number of nitrogens with zero attached hydrogens (tertiary/aromatic N) is 4. The zero-order valence-corrected chi connectivity index (χ0v) is 19.9. The number of para-hydroxylation sites is 1. The zero-order chi connectivity index (χ0) is 22.3. The van der Waals surface area contributed by atoms with Crippen LogP contribution in [-0.4, -0.2) is 26.2 Å². The van der Waals surface area contributed by atoms with Crippen LogP contribution in [-0.2, 0) is 6.54 Å². The van der Waals surface area contributed by atoms with Crippen molar-refractivity contribution in [1.82, 2.24) is 19.6 Å². The number of aromatic nitrogens is 3. The third-order valence-corrected chi connectivity index (χ3v) is 6.75. The van der Waals surface area contributed by atoms with Gasteiger partial charge in [-0.15, -0.1) is 0 Å². The first kappa shape index (κ1) is 22.6. The van der Waals surface area contributed by atoms with Crippen LogP contribution in [0.1, 0.15) is 90.0 Å². The number of benzene rings is 1. The van der Waals surface area contributed by atoms with Crippen molar-refractivity contribution in [3.63, 3.8) is 0 Å². The van der Waals surface area contributed by atoms with Crippen LogP contribution in [0.25, 0.3) is 22.3 Å². The van der Waals surface area contributed by atoms with Gasteiger partial charge in [0.1, 0.15) is 6.04 Å². The molecule has 1 saturated heterocycles. The van der Waals surface area contributed by atoms with Crippen molar-refractivity contribution in [3.8, 4) is 11.4 Å². The summed E-state index contributed by atoms with van der Waals surface area (Å²) in [6.45, 7) is 10.5. The molecule has 0 saturated carbocycles. The van der Waals surface area contributed by atoms with Gasteiger partial charge in [-0.1, -0.05) is 81.8 Å². The molecule has 0 bridgehead atoms. The number of unbranched alkanes of at least 4 members (excludes halogenated alkanes) is 7. The highest BCUT2D eigenvalue weighted by molar-refractivity contribution is 5.94. The van der Waals surface area contributed by atoms with Crippen LogP contribution in [0.4, 0.5) is 0 Å². The maximum atomic E-state index is 5.74. The monoisotopic (exact) mass is 434 g/mol. The lowest BCUT2D eigenvalue weighted by molar-refractivity contribution is 0.252. The van der Waals surface area contributed by atoms with Gasteiger partial charge in [0.15, 0.2) is 0 Å². The lowest BCUT2D eigenvalue weighted by atomic mass is 10.1. The van der Waals surface area contributed by atoms with Crippen LogP contribution < -0.4 is 0 Å². The third kappa shape index (κ3) is 5.08. The van der Waals surface area contributed by atoms with Crippen molar-refractivity contribution >= 4 is 10.9 Å². The van der Waals surface area contributed by atoms with Crippen LogP contribution in [0.2, 0.25) is 0 Å². The van der Waals surface area contributed by atoms with Crippen LogP contribution >= 0.6 is 0 Å². The summed E-state index contributed by atoms with van der Waals surface area (Å²) < 4.78 is 8.11. The van der Waals surface area contributed by atoms with Gasteiger partial charge in [0.05, 0.1) is 0 Å². The molecule has 1 aliphatic heterocycles. The molecule has 0 spiro atoms. The second kappa shape index (κ2) is 10.8. The van der Waals surface area contributed by atoms with Gasteiger partial charge in [-0.2, -0.15) is 4.98 Å². The summed E-state index contributed by atoms with van der Waals surface area (Å²) in [6, 6.07) is 8.72. The van der Waals surface area contributed by atoms with E-state index in [1.54, 1.807) is 0 Å². The SMILES string of the molecule is C=C(C)N1CCC[C@H]1c1nc(-c2cn(CCCCCCCCCC)c3ccccc23)no1. The molecule has 1 atom stereocenters. The van der Waals surface area contributed by atoms with E-state index in [2.05, 4.69) is 65.5 Å². The van der Waals surface area contributed by atoms with Crippen LogP contribution in [0.5, 0.6) is 0 Å². The van der Waals surface area contributed by atoms with Crippen molar-refractivity contribution in [2.24, 2.45) is 0 Å². The van der Waals surface area contributed by atoms with Crippen molar-refractivity contribution in [2.75, 3.05) is 6.54 Å². The van der Waals surface area contributed by atoms with Gasteiger partial charge >= 0.3 is 0 Å². The smallest absolute Gasteiger partial charge is 0.249 e. The largest absolute Gasteiger partial charge is 0.364 e. The summed E-state index contributed by atoms with van der Waals surface area (Å²) >= 11 is 0. The Bertz CT molecular complexity index is 1020. The molecule has 3 aromatic rings. The van der Waals surface area contributed by atoms with E-state index in [4.69, 9.17) is 9.51 Å². The van der Waals surface area contributed by atoms with Crippen molar-refractivity contribution in [1.29, 1.82) is 0 Å². The normalized spacial score (nSPS) is 16.3. The summed E-state index contributed by atoms with van der Waals surface area (Å²) in [5.41, 5.74) is 3.38. The van der Waals surface area contributed by atoms with Gasteiger partial charge < -0.3 is 14.0 Å². The van der Waals surface area contributed by atoms with Gasteiger partial charge in [-0.05, 0) is 32.3 Å². The maximum absolute atomic E-state index is 5.74. The van der Waals surface area contributed by atoms with Crippen molar-refractivity contribution in [2.45, 2.75) is 90.6 Å². The zero-order valence-electron chi connectivity index (χ0n) is 19.9. The predicted octanol–water partition coefficient (Wildman–Crippen LogP) is 7.50. The molecular formula is C27H38N4O. The van der Waals surface area contributed by atoms with Gasteiger partial charge in [0.25, 0.3) is 0 Å². The molecule has 5 nitrogen and oxygen atoms in total. The number of likely N-dealkylation sites (tertiary alicyclic amines) is 1. The van der Waals surface area contributed by atoms with Crippen molar-refractivity contribution in [3.05, 3.63) is 48.6 Å². The first-order chi connectivity index (χ1) is 15.7. The minimum Gasteiger partial charge on any atom is -0.364 e. The number of hydrogen-bond donors (Lipinski definition) is 0. The minimum absolute atomic E-state index is 0.152. The average Bonchev–Trinajstić information content (AvgIpc) is 3.53. The second-order valence-electron chi connectivity index (χ2n) is 9.27. The molecule has 2 aromatic heterocycles. The quantitative estimate of drug-likeness (QED) is 0.277. The van der Waals surface area contributed by atoms with Crippen LogP contribution in [0.15, 0.2) is 47.3 Å². The molecule has 0 N–H and O–H groups in total. The predicted molar refractivity (Wildman–Crippen MR) is 131 cm³/mol.